The molecule has 0 aromatic heterocycles. The fourth-order valence-corrected chi connectivity index (χ4v) is 1.91. The number of nitrogen functional groups attached to an aromatic ring is 1. The van der Waals surface area contributed by atoms with Crippen molar-refractivity contribution >= 4 is 28.9 Å². The Morgan fingerprint density at radius 1 is 0.941 bits per heavy atom. The molecule has 0 saturated heterocycles. The van der Waals surface area contributed by atoms with E-state index in [0.29, 0.717) is 21.3 Å². The second-order valence-electron chi connectivity index (χ2n) is 3.75. The van der Waals surface area contributed by atoms with E-state index in [1.165, 1.54) is 0 Å². The molecule has 0 bridgehead atoms. The highest BCUT2D eigenvalue weighted by Gasteiger charge is 2.11. The van der Waals surface area contributed by atoms with E-state index < -0.39 is 6.10 Å². The van der Waals surface area contributed by atoms with Crippen molar-refractivity contribution in [1.29, 1.82) is 0 Å². The molecule has 0 fully saturated rings. The van der Waals surface area contributed by atoms with Crippen LogP contribution in [0.3, 0.4) is 0 Å². The molecule has 0 aliphatic heterocycles. The van der Waals surface area contributed by atoms with E-state index >= 15 is 0 Å². The Balaban J connectivity index is 2.36. The van der Waals surface area contributed by atoms with E-state index in [9.17, 15) is 5.11 Å². The average molecular weight is 268 g/mol. The first-order valence-corrected chi connectivity index (χ1v) is 5.82. The Kier molecular flexibility index (Phi) is 3.57. The van der Waals surface area contributed by atoms with Crippen molar-refractivity contribution in [2.75, 3.05) is 5.73 Å². The summed E-state index contributed by atoms with van der Waals surface area (Å²) >= 11 is 11.7. The van der Waals surface area contributed by atoms with Crippen LogP contribution in [0.15, 0.2) is 42.5 Å². The highest BCUT2D eigenvalue weighted by Crippen LogP contribution is 2.29. The molecule has 0 heterocycles. The van der Waals surface area contributed by atoms with Crippen molar-refractivity contribution in [2.45, 2.75) is 6.10 Å². The fraction of sp³-hybridized carbons (Fsp3) is 0.0769. The molecule has 1 atom stereocenters. The van der Waals surface area contributed by atoms with E-state index in [0.717, 1.165) is 5.56 Å². The molecule has 0 spiro atoms. The Morgan fingerprint density at radius 2 is 1.65 bits per heavy atom. The molecule has 17 heavy (non-hydrogen) atoms. The van der Waals surface area contributed by atoms with Gasteiger partial charge in [0.15, 0.2) is 0 Å². The van der Waals surface area contributed by atoms with Gasteiger partial charge in [-0.3, -0.25) is 0 Å². The quantitative estimate of drug-likeness (QED) is 0.816. The third-order valence-electron chi connectivity index (χ3n) is 2.49. The molecule has 2 nitrogen and oxygen atoms in total. The molecule has 0 aliphatic rings. The van der Waals surface area contributed by atoms with Gasteiger partial charge in [0.25, 0.3) is 0 Å². The number of benzene rings is 2. The van der Waals surface area contributed by atoms with Gasteiger partial charge in [0, 0.05) is 5.69 Å². The maximum absolute atomic E-state index is 10.2. The molecule has 2 aromatic carbocycles. The largest absolute Gasteiger partial charge is 0.399 e. The lowest BCUT2D eigenvalue weighted by Gasteiger charge is -2.12. The summed E-state index contributed by atoms with van der Waals surface area (Å²) in [5, 5.41) is 11.1. The number of rotatable bonds is 2. The summed E-state index contributed by atoms with van der Waals surface area (Å²) in [5.74, 6) is 0. The van der Waals surface area contributed by atoms with Crippen LogP contribution in [0.4, 0.5) is 5.69 Å². The van der Waals surface area contributed by atoms with Gasteiger partial charge in [-0.2, -0.15) is 0 Å². The van der Waals surface area contributed by atoms with Crippen LogP contribution in [0.1, 0.15) is 17.2 Å². The predicted octanol–water partition coefficient (Wildman–Crippen LogP) is 3.66. The molecule has 88 valence electrons. The van der Waals surface area contributed by atoms with Crippen molar-refractivity contribution in [1.82, 2.24) is 0 Å². The highest BCUT2D eigenvalue weighted by atomic mass is 35.5. The lowest BCUT2D eigenvalue weighted by atomic mass is 10.0. The first-order valence-electron chi connectivity index (χ1n) is 5.06. The third kappa shape index (κ3) is 2.72. The topological polar surface area (TPSA) is 46.2 Å². The summed E-state index contributed by atoms with van der Waals surface area (Å²) in [6.07, 6.45) is -0.756. The van der Waals surface area contributed by atoms with Gasteiger partial charge in [0.1, 0.15) is 6.10 Å². The van der Waals surface area contributed by atoms with Crippen LogP contribution in [0, 0.1) is 0 Å². The number of anilines is 1. The molecule has 2 aromatic rings. The van der Waals surface area contributed by atoms with Gasteiger partial charge in [-0.05, 0) is 35.4 Å². The summed E-state index contributed by atoms with van der Waals surface area (Å²) in [6.45, 7) is 0. The number of hydrogen-bond acceptors (Lipinski definition) is 2. The zero-order chi connectivity index (χ0) is 12.4. The number of aliphatic hydroxyl groups is 1. The normalized spacial score (nSPS) is 12.4. The second-order valence-corrected chi connectivity index (χ2v) is 4.56. The number of halogens is 2. The monoisotopic (exact) mass is 267 g/mol. The molecular formula is C13H11Cl2NO. The minimum atomic E-state index is -0.756. The van der Waals surface area contributed by atoms with E-state index in [2.05, 4.69) is 0 Å². The van der Waals surface area contributed by atoms with E-state index in [1.54, 1.807) is 36.4 Å². The third-order valence-corrected chi connectivity index (χ3v) is 3.22. The SMILES string of the molecule is Nc1cccc(C(O)c2ccc(Cl)c(Cl)c2)c1. The Hall–Kier alpha value is -1.22. The first kappa shape index (κ1) is 12.2. The summed E-state index contributed by atoms with van der Waals surface area (Å²) in [5.41, 5.74) is 7.69. The molecule has 0 radical (unpaired) electrons. The maximum atomic E-state index is 10.2. The predicted molar refractivity (Wildman–Crippen MR) is 71.4 cm³/mol. The molecule has 0 aliphatic carbocycles. The molecule has 4 heteroatoms. The Morgan fingerprint density at radius 3 is 2.29 bits per heavy atom. The summed E-state index contributed by atoms with van der Waals surface area (Å²) < 4.78 is 0. The van der Waals surface area contributed by atoms with Crippen LogP contribution in [0.5, 0.6) is 0 Å². The van der Waals surface area contributed by atoms with Gasteiger partial charge in [-0.15, -0.1) is 0 Å². The minimum Gasteiger partial charge on any atom is -0.399 e. The zero-order valence-corrected chi connectivity index (χ0v) is 10.4. The minimum absolute atomic E-state index is 0.423. The van der Waals surface area contributed by atoms with Crippen molar-refractivity contribution in [3.05, 3.63) is 63.6 Å². The zero-order valence-electron chi connectivity index (χ0n) is 8.90. The first-order chi connectivity index (χ1) is 8.08. The van der Waals surface area contributed by atoms with Crippen LogP contribution in [0.25, 0.3) is 0 Å². The van der Waals surface area contributed by atoms with Gasteiger partial charge in [-0.1, -0.05) is 41.4 Å². The van der Waals surface area contributed by atoms with Crippen LogP contribution >= 0.6 is 23.2 Å². The van der Waals surface area contributed by atoms with Gasteiger partial charge in [0.05, 0.1) is 10.0 Å². The summed E-state index contributed by atoms with van der Waals surface area (Å²) in [6, 6.07) is 12.2. The van der Waals surface area contributed by atoms with Crippen LogP contribution in [0.2, 0.25) is 10.0 Å². The second kappa shape index (κ2) is 4.96. The van der Waals surface area contributed by atoms with Crippen molar-refractivity contribution in [2.24, 2.45) is 0 Å². The number of aliphatic hydroxyl groups excluding tert-OH is 1. The molecular weight excluding hydrogens is 257 g/mol. The summed E-state index contributed by atoms with van der Waals surface area (Å²) in [7, 11) is 0. The molecule has 3 N–H and O–H groups in total. The van der Waals surface area contributed by atoms with Crippen molar-refractivity contribution < 1.29 is 5.11 Å². The van der Waals surface area contributed by atoms with Crippen molar-refractivity contribution in [3.8, 4) is 0 Å². The average Bonchev–Trinajstić information content (AvgIpc) is 2.32. The molecule has 0 saturated carbocycles. The standard InChI is InChI=1S/C13H11Cl2NO/c14-11-5-4-9(7-12(11)15)13(17)8-2-1-3-10(16)6-8/h1-7,13,17H,16H2. The maximum Gasteiger partial charge on any atom is 0.104 e. The lowest BCUT2D eigenvalue weighted by Crippen LogP contribution is -2.00. The van der Waals surface area contributed by atoms with Gasteiger partial charge in [0.2, 0.25) is 0 Å². The smallest absolute Gasteiger partial charge is 0.104 e. The van der Waals surface area contributed by atoms with E-state index in [1.807, 2.05) is 6.07 Å². The number of nitrogens with two attached hydrogens (primary N) is 1. The van der Waals surface area contributed by atoms with E-state index in [4.69, 9.17) is 28.9 Å². The Bertz CT molecular complexity index is 543. The van der Waals surface area contributed by atoms with Crippen LogP contribution in [-0.4, -0.2) is 5.11 Å². The number of hydrogen-bond donors (Lipinski definition) is 2. The molecule has 1 unspecified atom stereocenters. The molecule has 0 amide bonds. The van der Waals surface area contributed by atoms with Gasteiger partial charge in [-0.25, -0.2) is 0 Å². The highest BCUT2D eigenvalue weighted by molar-refractivity contribution is 6.42. The van der Waals surface area contributed by atoms with Crippen molar-refractivity contribution in [3.63, 3.8) is 0 Å². The van der Waals surface area contributed by atoms with Gasteiger partial charge < -0.3 is 10.8 Å². The van der Waals surface area contributed by atoms with Crippen LogP contribution in [-0.2, 0) is 0 Å². The van der Waals surface area contributed by atoms with E-state index in [-0.39, 0.29) is 0 Å². The lowest BCUT2D eigenvalue weighted by molar-refractivity contribution is 0.220. The van der Waals surface area contributed by atoms with Gasteiger partial charge >= 0.3 is 0 Å². The fourth-order valence-electron chi connectivity index (χ4n) is 1.60. The Labute approximate surface area is 110 Å². The van der Waals surface area contributed by atoms with Crippen LogP contribution < -0.4 is 5.73 Å². The molecule has 2 rings (SSSR count). The summed E-state index contributed by atoms with van der Waals surface area (Å²) in [4.78, 5) is 0.